The first-order chi connectivity index (χ1) is 7.11. The first kappa shape index (κ1) is 11.7. The van der Waals surface area contributed by atoms with E-state index in [1.54, 1.807) is 12.1 Å². The number of hydrogen-bond donors (Lipinski definition) is 1. The highest BCUT2D eigenvalue weighted by molar-refractivity contribution is 6.34. The Labute approximate surface area is 92.9 Å². The molecule has 0 aliphatic heterocycles. The highest BCUT2D eigenvalue weighted by Crippen LogP contribution is 2.31. The Balaban J connectivity index is 3.23. The first-order valence-electron chi connectivity index (χ1n) is 4.40. The lowest BCUT2D eigenvalue weighted by Crippen LogP contribution is -2.08. The molecule has 15 heavy (non-hydrogen) atoms. The summed E-state index contributed by atoms with van der Waals surface area (Å²) in [4.78, 5) is 11.4. The summed E-state index contributed by atoms with van der Waals surface area (Å²) in [6.45, 7) is 2.29. The van der Waals surface area contributed by atoms with Crippen LogP contribution >= 0.6 is 11.6 Å². The van der Waals surface area contributed by atoms with E-state index in [4.69, 9.17) is 22.1 Å². The van der Waals surface area contributed by atoms with Gasteiger partial charge in [0.05, 0.1) is 24.4 Å². The van der Waals surface area contributed by atoms with Crippen LogP contribution in [0, 0.1) is 0 Å². The van der Waals surface area contributed by atoms with Crippen LogP contribution in [0.2, 0.25) is 5.02 Å². The van der Waals surface area contributed by atoms with Crippen LogP contribution in [-0.4, -0.2) is 19.7 Å². The number of methoxy groups -OCH3 is 1. The van der Waals surface area contributed by atoms with Crippen molar-refractivity contribution in [2.75, 3.05) is 19.5 Å². The van der Waals surface area contributed by atoms with Crippen molar-refractivity contribution in [1.82, 2.24) is 0 Å². The molecule has 0 unspecified atom stereocenters. The Morgan fingerprint density at radius 1 is 1.53 bits per heavy atom. The van der Waals surface area contributed by atoms with E-state index in [-0.39, 0.29) is 16.3 Å². The third kappa shape index (κ3) is 2.33. The maximum absolute atomic E-state index is 11.4. The Kier molecular flexibility index (Phi) is 3.80. The summed E-state index contributed by atoms with van der Waals surface area (Å²) in [7, 11) is 1.27. The third-order valence-electron chi connectivity index (χ3n) is 1.84. The van der Waals surface area contributed by atoms with Crippen LogP contribution in [0.3, 0.4) is 0 Å². The molecule has 0 aliphatic carbocycles. The van der Waals surface area contributed by atoms with Crippen LogP contribution < -0.4 is 10.5 Å². The SMILES string of the molecule is CCOc1ccc(Cl)c(C(=O)OC)c1N. The molecule has 5 heteroatoms. The van der Waals surface area contributed by atoms with Crippen molar-refractivity contribution in [2.45, 2.75) is 6.92 Å². The number of carbonyl (C=O) groups is 1. The minimum absolute atomic E-state index is 0.144. The monoisotopic (exact) mass is 229 g/mol. The van der Waals surface area contributed by atoms with Crippen LogP contribution in [0.15, 0.2) is 12.1 Å². The molecule has 0 saturated heterocycles. The molecule has 0 atom stereocenters. The number of nitrogen functional groups attached to an aromatic ring is 1. The van der Waals surface area contributed by atoms with E-state index in [2.05, 4.69) is 4.74 Å². The molecular formula is C10H12ClNO3. The van der Waals surface area contributed by atoms with Crippen LogP contribution in [0.1, 0.15) is 17.3 Å². The molecule has 0 aliphatic rings. The molecule has 1 aromatic carbocycles. The zero-order valence-corrected chi connectivity index (χ0v) is 9.30. The Morgan fingerprint density at radius 2 is 2.20 bits per heavy atom. The van der Waals surface area contributed by atoms with Gasteiger partial charge in [-0.2, -0.15) is 0 Å². The van der Waals surface area contributed by atoms with Crippen molar-refractivity contribution in [1.29, 1.82) is 0 Å². The Hall–Kier alpha value is -1.42. The van der Waals surface area contributed by atoms with Gasteiger partial charge in [0.15, 0.2) is 0 Å². The maximum Gasteiger partial charge on any atom is 0.341 e. The molecule has 2 N–H and O–H groups in total. The minimum Gasteiger partial charge on any atom is -0.492 e. The average Bonchev–Trinajstić information content (AvgIpc) is 2.22. The third-order valence-corrected chi connectivity index (χ3v) is 2.16. The quantitative estimate of drug-likeness (QED) is 0.637. The van der Waals surface area contributed by atoms with Gasteiger partial charge in [0.2, 0.25) is 0 Å². The van der Waals surface area contributed by atoms with Crippen molar-refractivity contribution in [2.24, 2.45) is 0 Å². The summed E-state index contributed by atoms with van der Waals surface area (Å²) in [5, 5.41) is 0.253. The van der Waals surface area contributed by atoms with Gasteiger partial charge in [0, 0.05) is 0 Å². The van der Waals surface area contributed by atoms with E-state index >= 15 is 0 Å². The van der Waals surface area contributed by atoms with Crippen molar-refractivity contribution >= 4 is 23.3 Å². The van der Waals surface area contributed by atoms with Crippen LogP contribution in [0.25, 0.3) is 0 Å². The molecule has 1 rings (SSSR count). The van der Waals surface area contributed by atoms with Gasteiger partial charge in [0.25, 0.3) is 0 Å². The van der Waals surface area contributed by atoms with Gasteiger partial charge in [-0.1, -0.05) is 11.6 Å². The van der Waals surface area contributed by atoms with Gasteiger partial charge in [0.1, 0.15) is 11.3 Å². The highest BCUT2D eigenvalue weighted by atomic mass is 35.5. The molecule has 0 aromatic heterocycles. The highest BCUT2D eigenvalue weighted by Gasteiger charge is 2.18. The molecular weight excluding hydrogens is 218 g/mol. The maximum atomic E-state index is 11.4. The average molecular weight is 230 g/mol. The summed E-state index contributed by atoms with van der Waals surface area (Å²) in [5.41, 5.74) is 6.08. The molecule has 4 nitrogen and oxygen atoms in total. The van der Waals surface area contributed by atoms with Crippen LogP contribution in [0.5, 0.6) is 5.75 Å². The lowest BCUT2D eigenvalue weighted by atomic mass is 10.1. The van der Waals surface area contributed by atoms with Gasteiger partial charge < -0.3 is 15.2 Å². The van der Waals surface area contributed by atoms with Gasteiger partial charge in [-0.25, -0.2) is 4.79 Å². The Morgan fingerprint density at radius 3 is 2.73 bits per heavy atom. The fourth-order valence-electron chi connectivity index (χ4n) is 1.16. The zero-order chi connectivity index (χ0) is 11.4. The van der Waals surface area contributed by atoms with Gasteiger partial charge in [-0.3, -0.25) is 0 Å². The smallest absolute Gasteiger partial charge is 0.341 e. The second-order valence-corrected chi connectivity index (χ2v) is 3.17. The van der Waals surface area contributed by atoms with Gasteiger partial charge in [-0.15, -0.1) is 0 Å². The number of carbonyl (C=O) groups excluding carboxylic acids is 1. The topological polar surface area (TPSA) is 61.5 Å². The van der Waals surface area contributed by atoms with E-state index in [1.165, 1.54) is 7.11 Å². The molecule has 0 heterocycles. The van der Waals surface area contributed by atoms with Crippen LogP contribution in [0.4, 0.5) is 5.69 Å². The van der Waals surface area contributed by atoms with Crippen LogP contribution in [-0.2, 0) is 4.74 Å². The number of ether oxygens (including phenoxy) is 2. The van der Waals surface area contributed by atoms with Crippen molar-refractivity contribution in [3.05, 3.63) is 22.7 Å². The van der Waals surface area contributed by atoms with E-state index in [0.717, 1.165) is 0 Å². The zero-order valence-electron chi connectivity index (χ0n) is 8.54. The van der Waals surface area contributed by atoms with E-state index in [1.807, 2.05) is 6.92 Å². The number of anilines is 1. The summed E-state index contributed by atoms with van der Waals surface area (Å²) in [5.74, 6) is -0.138. The molecule has 1 aromatic rings. The number of halogens is 1. The number of nitrogens with two attached hydrogens (primary N) is 1. The van der Waals surface area contributed by atoms with E-state index < -0.39 is 5.97 Å². The van der Waals surface area contributed by atoms with Crippen molar-refractivity contribution in [3.63, 3.8) is 0 Å². The fourth-order valence-corrected chi connectivity index (χ4v) is 1.41. The predicted octanol–water partition coefficient (Wildman–Crippen LogP) is 2.11. The second-order valence-electron chi connectivity index (χ2n) is 2.76. The largest absolute Gasteiger partial charge is 0.492 e. The normalized spacial score (nSPS) is 9.80. The lowest BCUT2D eigenvalue weighted by molar-refractivity contribution is 0.0601. The van der Waals surface area contributed by atoms with E-state index in [9.17, 15) is 4.79 Å². The Bertz CT molecular complexity index is 379. The minimum atomic E-state index is -0.570. The molecule has 0 amide bonds. The van der Waals surface area contributed by atoms with Gasteiger partial charge >= 0.3 is 5.97 Å². The second kappa shape index (κ2) is 4.89. The molecule has 0 radical (unpaired) electrons. The van der Waals surface area contributed by atoms with E-state index in [0.29, 0.717) is 12.4 Å². The number of rotatable bonds is 3. The number of benzene rings is 1. The summed E-state index contributed by atoms with van der Waals surface area (Å²) in [6, 6.07) is 3.17. The number of esters is 1. The summed E-state index contributed by atoms with van der Waals surface area (Å²) >= 11 is 5.84. The number of hydrogen-bond acceptors (Lipinski definition) is 4. The van der Waals surface area contributed by atoms with Crippen molar-refractivity contribution in [3.8, 4) is 5.75 Å². The molecule has 0 saturated carbocycles. The standard InChI is InChI=1S/C10H12ClNO3/c1-3-15-7-5-4-6(11)8(9(7)12)10(13)14-2/h4-5H,3,12H2,1-2H3. The summed E-state index contributed by atoms with van der Waals surface area (Å²) in [6.07, 6.45) is 0. The van der Waals surface area contributed by atoms with Crippen molar-refractivity contribution < 1.29 is 14.3 Å². The molecule has 0 fully saturated rings. The molecule has 0 bridgehead atoms. The molecule has 0 spiro atoms. The lowest BCUT2D eigenvalue weighted by Gasteiger charge is -2.11. The fraction of sp³-hybridized carbons (Fsp3) is 0.300. The van der Waals surface area contributed by atoms with Gasteiger partial charge in [-0.05, 0) is 19.1 Å². The molecule has 82 valence electrons. The predicted molar refractivity (Wildman–Crippen MR) is 58.4 cm³/mol. The summed E-state index contributed by atoms with van der Waals surface area (Å²) < 4.78 is 9.81. The first-order valence-corrected chi connectivity index (χ1v) is 4.78.